The van der Waals surface area contributed by atoms with Crippen molar-refractivity contribution in [3.63, 3.8) is 0 Å². The molecule has 0 amide bonds. The molecule has 1 heterocycles. The molecule has 10 rings (SSSR count). The van der Waals surface area contributed by atoms with Crippen molar-refractivity contribution in [1.29, 1.82) is 0 Å². The van der Waals surface area contributed by atoms with Gasteiger partial charge in [0.15, 0.2) is 6.17 Å². The van der Waals surface area contributed by atoms with Crippen LogP contribution in [0.15, 0.2) is 198 Å². The van der Waals surface area contributed by atoms with Crippen molar-refractivity contribution in [3.8, 4) is 33.4 Å². The lowest BCUT2D eigenvalue weighted by atomic mass is 9.78. The molecule has 264 valence electrons. The Kier molecular flexibility index (Phi) is 8.03. The molecule has 7 aromatic carbocycles. The van der Waals surface area contributed by atoms with E-state index in [9.17, 15) is 0 Å². The van der Waals surface area contributed by atoms with E-state index in [1.165, 1.54) is 66.4 Å². The molecule has 1 N–H and O–H groups in total. The summed E-state index contributed by atoms with van der Waals surface area (Å²) in [5.41, 5.74) is 14.9. The molecule has 2 atom stereocenters. The maximum atomic E-state index is 5.27. The standard InChI is InChI=1S/C52H41N3/c1-52(2)46-33-40(29-30-44(46)47-45(36-17-8-4-9-18-36)32-41-21-12-13-24-43(41)48(47)52)39-22-14-23-42(31-39)51-54-49(37-19-10-5-11-20-37)53-50(55-51)38-27-25-35(26-28-38)34-15-6-3-7-16-34/h3-30,32-33,39,51H,31H2,1-2H3,(H,53,54,55). The minimum atomic E-state index is -0.331. The molecule has 2 unspecified atom stereocenters. The minimum absolute atomic E-state index is 0.165. The second-order valence-corrected chi connectivity index (χ2v) is 15.4. The van der Waals surface area contributed by atoms with Crippen molar-refractivity contribution in [2.24, 2.45) is 9.98 Å². The van der Waals surface area contributed by atoms with E-state index >= 15 is 0 Å². The molecule has 1 aliphatic heterocycles. The fourth-order valence-electron chi connectivity index (χ4n) is 8.86. The number of hydrogen-bond donors (Lipinski definition) is 1. The van der Waals surface area contributed by atoms with E-state index in [-0.39, 0.29) is 17.5 Å². The molecule has 55 heavy (non-hydrogen) atoms. The molecule has 0 spiro atoms. The lowest BCUT2D eigenvalue weighted by Gasteiger charge is -2.28. The molecule has 0 bridgehead atoms. The summed E-state index contributed by atoms with van der Waals surface area (Å²) >= 11 is 0. The highest BCUT2D eigenvalue weighted by Gasteiger charge is 2.39. The van der Waals surface area contributed by atoms with Crippen molar-refractivity contribution in [2.45, 2.75) is 37.8 Å². The zero-order valence-corrected chi connectivity index (χ0v) is 31.1. The average molecular weight is 708 g/mol. The van der Waals surface area contributed by atoms with Crippen LogP contribution in [0.1, 0.15) is 54.0 Å². The van der Waals surface area contributed by atoms with Crippen LogP contribution in [-0.2, 0) is 5.41 Å². The maximum Gasteiger partial charge on any atom is 0.166 e. The number of benzene rings is 7. The monoisotopic (exact) mass is 707 g/mol. The van der Waals surface area contributed by atoms with Crippen LogP contribution >= 0.6 is 0 Å². The van der Waals surface area contributed by atoms with Crippen LogP contribution < -0.4 is 5.32 Å². The molecule has 0 saturated carbocycles. The van der Waals surface area contributed by atoms with Crippen LogP contribution in [0, 0.1) is 0 Å². The van der Waals surface area contributed by atoms with Gasteiger partial charge in [0.25, 0.3) is 0 Å². The minimum Gasteiger partial charge on any atom is -0.324 e. The number of allylic oxidation sites excluding steroid dienone is 3. The van der Waals surface area contributed by atoms with Crippen molar-refractivity contribution >= 4 is 22.4 Å². The van der Waals surface area contributed by atoms with E-state index in [1.54, 1.807) is 0 Å². The molecular weight excluding hydrogens is 667 g/mol. The Morgan fingerprint density at radius 1 is 0.564 bits per heavy atom. The summed E-state index contributed by atoms with van der Waals surface area (Å²) in [6, 6.07) is 58.9. The topological polar surface area (TPSA) is 36.8 Å². The fraction of sp³-hybridized carbons (Fsp3) is 0.115. The first-order valence-corrected chi connectivity index (χ1v) is 19.3. The number of nitrogens with zero attached hydrogens (tertiary/aromatic N) is 2. The zero-order valence-electron chi connectivity index (χ0n) is 31.1. The molecule has 0 aromatic heterocycles. The van der Waals surface area contributed by atoms with E-state index in [4.69, 9.17) is 9.98 Å². The summed E-state index contributed by atoms with van der Waals surface area (Å²) in [7, 11) is 0. The number of rotatable bonds is 6. The summed E-state index contributed by atoms with van der Waals surface area (Å²) in [6.07, 6.45) is 7.30. The van der Waals surface area contributed by atoms with E-state index in [0.717, 1.165) is 29.2 Å². The van der Waals surface area contributed by atoms with Gasteiger partial charge in [-0.25, -0.2) is 9.98 Å². The Labute approximate surface area is 323 Å². The third-order valence-electron chi connectivity index (χ3n) is 11.7. The van der Waals surface area contributed by atoms with Gasteiger partial charge in [-0.15, -0.1) is 0 Å². The SMILES string of the molecule is CC1(C)c2cc(C3C=CC=C(C4N=C(c5ccccc5)NC(c5ccc(-c6ccccc6)cc5)=N4)C3)ccc2-c2c(-c3ccccc3)cc3ccccc3c21. The van der Waals surface area contributed by atoms with Gasteiger partial charge in [0, 0.05) is 22.5 Å². The van der Waals surface area contributed by atoms with E-state index in [0.29, 0.717) is 0 Å². The summed E-state index contributed by atoms with van der Waals surface area (Å²) in [5, 5.41) is 6.21. The first-order valence-electron chi connectivity index (χ1n) is 19.3. The smallest absolute Gasteiger partial charge is 0.166 e. The molecule has 7 aromatic rings. The Morgan fingerprint density at radius 2 is 1.15 bits per heavy atom. The number of hydrogen-bond acceptors (Lipinski definition) is 3. The van der Waals surface area contributed by atoms with Crippen molar-refractivity contribution in [3.05, 3.63) is 215 Å². The van der Waals surface area contributed by atoms with E-state index in [1.807, 2.05) is 6.07 Å². The lowest BCUT2D eigenvalue weighted by molar-refractivity contribution is 0.660. The predicted molar refractivity (Wildman–Crippen MR) is 230 cm³/mol. The van der Waals surface area contributed by atoms with Gasteiger partial charge in [0.2, 0.25) is 0 Å². The largest absolute Gasteiger partial charge is 0.324 e. The molecule has 3 heteroatoms. The third kappa shape index (κ3) is 5.84. The molecular formula is C52H41N3. The van der Waals surface area contributed by atoms with Gasteiger partial charge in [0.05, 0.1) is 0 Å². The average Bonchev–Trinajstić information content (AvgIpc) is 3.50. The van der Waals surface area contributed by atoms with Crippen LogP contribution in [0.25, 0.3) is 44.2 Å². The Balaban J connectivity index is 1.00. The maximum absolute atomic E-state index is 5.27. The van der Waals surface area contributed by atoms with Crippen molar-refractivity contribution in [1.82, 2.24) is 5.32 Å². The predicted octanol–water partition coefficient (Wildman–Crippen LogP) is 12.3. The quantitative estimate of drug-likeness (QED) is 0.184. The molecule has 0 radical (unpaired) electrons. The van der Waals surface area contributed by atoms with Crippen LogP contribution in [0.5, 0.6) is 0 Å². The van der Waals surface area contributed by atoms with Crippen LogP contribution in [0.3, 0.4) is 0 Å². The van der Waals surface area contributed by atoms with E-state index < -0.39 is 0 Å². The first-order chi connectivity index (χ1) is 27.0. The van der Waals surface area contributed by atoms with Gasteiger partial charge >= 0.3 is 0 Å². The Hall–Kier alpha value is -6.58. The van der Waals surface area contributed by atoms with Gasteiger partial charge < -0.3 is 5.32 Å². The second-order valence-electron chi connectivity index (χ2n) is 15.4. The highest BCUT2D eigenvalue weighted by Crippen LogP contribution is 2.55. The molecule has 3 aliphatic rings. The van der Waals surface area contributed by atoms with Gasteiger partial charge in [0.1, 0.15) is 11.7 Å². The number of aliphatic imine (C=N–C) groups is 2. The van der Waals surface area contributed by atoms with Crippen LogP contribution in [0.2, 0.25) is 0 Å². The summed E-state index contributed by atoms with van der Waals surface area (Å²) in [4.78, 5) is 10.5. The molecule has 0 fully saturated rings. The normalized spacial score (nSPS) is 18.1. The number of nitrogens with one attached hydrogen (secondary N) is 1. The van der Waals surface area contributed by atoms with Crippen molar-refractivity contribution < 1.29 is 0 Å². The fourth-order valence-corrected chi connectivity index (χ4v) is 8.86. The molecule has 3 nitrogen and oxygen atoms in total. The third-order valence-corrected chi connectivity index (χ3v) is 11.7. The van der Waals surface area contributed by atoms with Gasteiger partial charge in [-0.1, -0.05) is 190 Å². The molecule has 0 saturated heterocycles. The van der Waals surface area contributed by atoms with E-state index in [2.05, 4.69) is 195 Å². The van der Waals surface area contributed by atoms with Gasteiger partial charge in [-0.3, -0.25) is 0 Å². The Morgan fingerprint density at radius 3 is 1.85 bits per heavy atom. The lowest BCUT2D eigenvalue weighted by Crippen LogP contribution is -2.38. The van der Waals surface area contributed by atoms with Crippen LogP contribution in [-0.4, -0.2) is 17.8 Å². The first kappa shape index (κ1) is 33.0. The summed E-state index contributed by atoms with van der Waals surface area (Å²) < 4.78 is 0. The Bertz CT molecular complexity index is 2700. The highest BCUT2D eigenvalue weighted by atomic mass is 15.2. The highest BCUT2D eigenvalue weighted by molar-refractivity contribution is 6.16. The molecule has 2 aliphatic carbocycles. The number of fused-ring (bicyclic) bond motifs is 5. The zero-order chi connectivity index (χ0) is 36.9. The van der Waals surface area contributed by atoms with Gasteiger partial charge in [-0.2, -0.15) is 0 Å². The van der Waals surface area contributed by atoms with Crippen molar-refractivity contribution in [2.75, 3.05) is 0 Å². The van der Waals surface area contributed by atoms with Gasteiger partial charge in [-0.05, 0) is 78.9 Å². The van der Waals surface area contributed by atoms with Crippen LogP contribution in [0.4, 0.5) is 0 Å². The summed E-state index contributed by atoms with van der Waals surface area (Å²) in [5.74, 6) is 1.89. The second kappa shape index (κ2) is 13.4. The summed E-state index contributed by atoms with van der Waals surface area (Å²) in [6.45, 7) is 4.81. The number of amidine groups is 2.